The molecule has 1 aliphatic rings. The van der Waals surface area contributed by atoms with Gasteiger partial charge in [-0.25, -0.2) is 9.59 Å². The molecule has 1 aliphatic heterocycles. The molecule has 0 atom stereocenters. The van der Waals surface area contributed by atoms with E-state index in [1.807, 2.05) is 47.9 Å². The SMILES string of the molecule is CCn1c(-c2ccccc2)c(C(=O)OC)c(C(=O)OC)c1-c1ccc2c(c1)OCO2. The van der Waals surface area contributed by atoms with E-state index in [0.717, 1.165) is 5.56 Å². The van der Waals surface area contributed by atoms with Crippen molar-refractivity contribution in [3.05, 3.63) is 59.7 Å². The van der Waals surface area contributed by atoms with E-state index in [0.29, 0.717) is 35.0 Å². The molecule has 7 heteroatoms. The number of carbonyl (C=O) groups excluding carboxylic acids is 2. The fourth-order valence-electron chi connectivity index (χ4n) is 3.78. The van der Waals surface area contributed by atoms with Crippen LogP contribution in [-0.2, 0) is 16.0 Å². The van der Waals surface area contributed by atoms with E-state index >= 15 is 0 Å². The summed E-state index contributed by atoms with van der Waals surface area (Å²) >= 11 is 0. The molecule has 30 heavy (non-hydrogen) atoms. The minimum atomic E-state index is -0.618. The predicted molar refractivity (Wildman–Crippen MR) is 110 cm³/mol. The second-order valence-electron chi connectivity index (χ2n) is 6.61. The number of methoxy groups -OCH3 is 2. The maximum absolute atomic E-state index is 12.9. The molecule has 0 saturated heterocycles. The van der Waals surface area contributed by atoms with Gasteiger partial charge in [-0.05, 0) is 30.7 Å². The van der Waals surface area contributed by atoms with Crippen LogP contribution in [0, 0.1) is 0 Å². The van der Waals surface area contributed by atoms with Crippen LogP contribution in [0.5, 0.6) is 11.5 Å². The van der Waals surface area contributed by atoms with Gasteiger partial charge in [0, 0.05) is 12.1 Å². The van der Waals surface area contributed by atoms with Gasteiger partial charge in [0.25, 0.3) is 0 Å². The lowest BCUT2D eigenvalue weighted by Crippen LogP contribution is -2.11. The summed E-state index contributed by atoms with van der Waals surface area (Å²) in [6.07, 6.45) is 0. The molecular weight excluding hydrogens is 386 g/mol. The first-order valence-electron chi connectivity index (χ1n) is 9.49. The van der Waals surface area contributed by atoms with Gasteiger partial charge in [0.15, 0.2) is 11.5 Å². The molecule has 2 heterocycles. The van der Waals surface area contributed by atoms with Crippen molar-refractivity contribution < 1.29 is 28.5 Å². The Kier molecular flexibility index (Phi) is 5.18. The highest BCUT2D eigenvalue weighted by Gasteiger charge is 2.33. The average Bonchev–Trinajstić information content (AvgIpc) is 3.40. The van der Waals surface area contributed by atoms with Gasteiger partial charge in [0.05, 0.1) is 25.6 Å². The van der Waals surface area contributed by atoms with Crippen LogP contribution in [0.1, 0.15) is 27.6 Å². The monoisotopic (exact) mass is 407 g/mol. The Morgan fingerprint density at radius 3 is 2.07 bits per heavy atom. The van der Waals surface area contributed by atoms with Crippen LogP contribution in [0.3, 0.4) is 0 Å². The molecular formula is C23H21NO6. The molecule has 0 spiro atoms. The number of hydrogen-bond acceptors (Lipinski definition) is 6. The summed E-state index contributed by atoms with van der Waals surface area (Å²) in [4.78, 5) is 25.8. The number of benzene rings is 2. The Hall–Kier alpha value is -3.74. The Bertz CT molecular complexity index is 1120. The number of ether oxygens (including phenoxy) is 4. The molecule has 0 amide bonds. The Labute approximate surface area is 173 Å². The largest absolute Gasteiger partial charge is 0.465 e. The van der Waals surface area contributed by atoms with Gasteiger partial charge in [-0.15, -0.1) is 0 Å². The topological polar surface area (TPSA) is 76.0 Å². The zero-order valence-electron chi connectivity index (χ0n) is 16.9. The molecule has 0 saturated carbocycles. The highest BCUT2D eigenvalue weighted by atomic mass is 16.7. The molecule has 2 aromatic carbocycles. The Morgan fingerprint density at radius 2 is 1.47 bits per heavy atom. The van der Waals surface area contributed by atoms with Gasteiger partial charge in [-0.1, -0.05) is 30.3 Å². The van der Waals surface area contributed by atoms with Crippen molar-refractivity contribution in [1.82, 2.24) is 4.57 Å². The molecule has 154 valence electrons. The molecule has 4 rings (SSSR count). The van der Waals surface area contributed by atoms with Gasteiger partial charge >= 0.3 is 11.9 Å². The van der Waals surface area contributed by atoms with Gasteiger partial charge in [-0.3, -0.25) is 0 Å². The molecule has 0 bridgehead atoms. The van der Waals surface area contributed by atoms with E-state index in [-0.39, 0.29) is 17.9 Å². The van der Waals surface area contributed by atoms with E-state index < -0.39 is 11.9 Å². The number of aromatic nitrogens is 1. The van der Waals surface area contributed by atoms with Crippen molar-refractivity contribution in [2.45, 2.75) is 13.5 Å². The summed E-state index contributed by atoms with van der Waals surface area (Å²) in [6, 6.07) is 14.8. The lowest BCUT2D eigenvalue weighted by Gasteiger charge is -2.13. The van der Waals surface area contributed by atoms with E-state index in [4.69, 9.17) is 18.9 Å². The molecule has 0 N–H and O–H groups in total. The molecule has 0 aliphatic carbocycles. The number of fused-ring (bicyclic) bond motifs is 1. The van der Waals surface area contributed by atoms with Crippen LogP contribution in [-0.4, -0.2) is 37.5 Å². The zero-order chi connectivity index (χ0) is 21.3. The number of esters is 2. The molecule has 0 fully saturated rings. The van der Waals surface area contributed by atoms with Crippen LogP contribution in [0.2, 0.25) is 0 Å². The Morgan fingerprint density at radius 1 is 0.867 bits per heavy atom. The van der Waals surface area contributed by atoms with Crippen molar-refractivity contribution >= 4 is 11.9 Å². The summed E-state index contributed by atoms with van der Waals surface area (Å²) < 4.78 is 22.9. The number of rotatable bonds is 5. The lowest BCUT2D eigenvalue weighted by molar-refractivity contribution is 0.0558. The number of carbonyl (C=O) groups is 2. The summed E-state index contributed by atoms with van der Waals surface area (Å²) in [5.41, 5.74) is 2.97. The molecule has 0 unspecified atom stereocenters. The third kappa shape index (κ3) is 3.08. The van der Waals surface area contributed by atoms with Crippen LogP contribution < -0.4 is 9.47 Å². The third-order valence-corrected chi connectivity index (χ3v) is 5.05. The maximum Gasteiger partial charge on any atom is 0.340 e. The first-order valence-corrected chi connectivity index (χ1v) is 9.49. The van der Waals surface area contributed by atoms with Crippen LogP contribution in [0.4, 0.5) is 0 Å². The standard InChI is InChI=1S/C23H21NO6/c1-4-24-20(14-8-6-5-7-9-14)18(22(25)27-2)19(23(26)28-3)21(24)15-10-11-16-17(12-15)30-13-29-16/h5-12H,4,13H2,1-3H3. The van der Waals surface area contributed by atoms with Crippen molar-refractivity contribution in [2.75, 3.05) is 21.0 Å². The second kappa shape index (κ2) is 7.94. The zero-order valence-corrected chi connectivity index (χ0v) is 16.9. The smallest absolute Gasteiger partial charge is 0.340 e. The predicted octanol–water partition coefficient (Wildman–Crippen LogP) is 4.14. The summed E-state index contributed by atoms with van der Waals surface area (Å²) in [5.74, 6) is -0.0200. The minimum absolute atomic E-state index is 0.139. The number of hydrogen-bond donors (Lipinski definition) is 0. The highest BCUT2D eigenvalue weighted by molar-refractivity contribution is 6.12. The molecule has 7 nitrogen and oxygen atoms in total. The first kappa shape index (κ1) is 19.6. The van der Waals surface area contributed by atoms with E-state index in [1.165, 1.54) is 14.2 Å². The highest BCUT2D eigenvalue weighted by Crippen LogP contribution is 2.42. The van der Waals surface area contributed by atoms with Gasteiger partial charge in [-0.2, -0.15) is 0 Å². The normalized spacial score (nSPS) is 12.0. The minimum Gasteiger partial charge on any atom is -0.465 e. The summed E-state index contributed by atoms with van der Waals surface area (Å²) in [7, 11) is 2.58. The van der Waals surface area contributed by atoms with Gasteiger partial charge < -0.3 is 23.5 Å². The molecule has 3 aromatic rings. The summed E-state index contributed by atoms with van der Waals surface area (Å²) in [5, 5.41) is 0. The van der Waals surface area contributed by atoms with Crippen molar-refractivity contribution in [1.29, 1.82) is 0 Å². The van der Waals surface area contributed by atoms with Crippen molar-refractivity contribution in [3.63, 3.8) is 0 Å². The van der Waals surface area contributed by atoms with E-state index in [2.05, 4.69) is 0 Å². The van der Waals surface area contributed by atoms with Gasteiger partial charge in [0.2, 0.25) is 6.79 Å². The van der Waals surface area contributed by atoms with Crippen LogP contribution >= 0.6 is 0 Å². The first-order chi connectivity index (χ1) is 14.6. The van der Waals surface area contributed by atoms with E-state index in [9.17, 15) is 9.59 Å². The van der Waals surface area contributed by atoms with Crippen LogP contribution in [0.25, 0.3) is 22.5 Å². The van der Waals surface area contributed by atoms with Crippen LogP contribution in [0.15, 0.2) is 48.5 Å². The van der Waals surface area contributed by atoms with Gasteiger partial charge in [0.1, 0.15) is 11.1 Å². The third-order valence-electron chi connectivity index (χ3n) is 5.05. The quantitative estimate of drug-likeness (QED) is 0.592. The average molecular weight is 407 g/mol. The van der Waals surface area contributed by atoms with Crippen molar-refractivity contribution in [3.8, 4) is 34.0 Å². The van der Waals surface area contributed by atoms with E-state index in [1.54, 1.807) is 12.1 Å². The second-order valence-corrected chi connectivity index (χ2v) is 6.61. The summed E-state index contributed by atoms with van der Waals surface area (Å²) in [6.45, 7) is 2.60. The van der Waals surface area contributed by atoms with Crippen molar-refractivity contribution in [2.24, 2.45) is 0 Å². The fourth-order valence-corrected chi connectivity index (χ4v) is 3.78. The molecule has 0 radical (unpaired) electrons. The Balaban J connectivity index is 2.10. The maximum atomic E-state index is 12.9. The fraction of sp³-hybridized carbons (Fsp3) is 0.217. The lowest BCUT2D eigenvalue weighted by atomic mass is 10.0. The molecule has 1 aromatic heterocycles. The number of nitrogens with zero attached hydrogens (tertiary/aromatic N) is 1.